The van der Waals surface area contributed by atoms with Crippen LogP contribution in [-0.2, 0) is 14.8 Å². The highest BCUT2D eigenvalue weighted by atomic mass is 32.2. The lowest BCUT2D eigenvalue weighted by Gasteiger charge is -2.31. The van der Waals surface area contributed by atoms with Gasteiger partial charge in [-0.2, -0.15) is 4.31 Å². The van der Waals surface area contributed by atoms with Gasteiger partial charge >= 0.3 is 0 Å². The topological polar surface area (TPSA) is 75.7 Å². The van der Waals surface area contributed by atoms with Crippen molar-refractivity contribution in [2.45, 2.75) is 17.7 Å². The molecule has 1 aliphatic rings. The summed E-state index contributed by atoms with van der Waals surface area (Å²) in [7, 11) is -1.07. The number of piperidine rings is 1. The molecular formula is C14H19FN2O4S. The highest BCUT2D eigenvalue weighted by Crippen LogP contribution is 2.30. The molecule has 0 radical (unpaired) electrons. The van der Waals surface area contributed by atoms with Crippen LogP contribution in [0, 0.1) is 11.7 Å². The number of benzene rings is 1. The number of carbonyl (C=O) groups is 1. The third kappa shape index (κ3) is 3.22. The average molecular weight is 330 g/mol. The highest BCUT2D eigenvalue weighted by molar-refractivity contribution is 7.89. The van der Waals surface area contributed by atoms with Gasteiger partial charge in [0.15, 0.2) is 0 Å². The number of rotatable bonds is 4. The summed E-state index contributed by atoms with van der Waals surface area (Å²) < 4.78 is 45.1. The largest absolute Gasteiger partial charge is 0.495 e. The van der Waals surface area contributed by atoms with Crippen molar-refractivity contribution in [3.05, 3.63) is 24.0 Å². The molecule has 1 aromatic carbocycles. The Hall–Kier alpha value is -1.67. The summed E-state index contributed by atoms with van der Waals surface area (Å²) in [4.78, 5) is 11.5. The minimum atomic E-state index is -3.91. The molecule has 1 N–H and O–H groups in total. The van der Waals surface area contributed by atoms with E-state index in [1.54, 1.807) is 0 Å². The van der Waals surface area contributed by atoms with E-state index >= 15 is 0 Å². The Bertz CT molecular complexity index is 663. The molecule has 0 bridgehead atoms. The maximum Gasteiger partial charge on any atom is 0.246 e. The summed E-state index contributed by atoms with van der Waals surface area (Å²) in [5.74, 6) is -1.15. The number of ether oxygens (including phenoxy) is 1. The number of hydrogen-bond acceptors (Lipinski definition) is 4. The predicted octanol–water partition coefficient (Wildman–Crippen LogP) is 0.981. The van der Waals surface area contributed by atoms with Gasteiger partial charge in [0.2, 0.25) is 15.9 Å². The Kier molecular flexibility index (Phi) is 5.02. The van der Waals surface area contributed by atoms with Gasteiger partial charge in [-0.15, -0.1) is 0 Å². The molecule has 22 heavy (non-hydrogen) atoms. The van der Waals surface area contributed by atoms with Crippen LogP contribution in [0.3, 0.4) is 0 Å². The molecule has 2 rings (SSSR count). The number of nitrogens with zero attached hydrogens (tertiary/aromatic N) is 1. The van der Waals surface area contributed by atoms with Crippen LogP contribution in [-0.4, -0.2) is 45.9 Å². The third-order valence-corrected chi connectivity index (χ3v) is 5.63. The Morgan fingerprint density at radius 2 is 2.18 bits per heavy atom. The zero-order valence-electron chi connectivity index (χ0n) is 12.5. The fourth-order valence-electron chi connectivity index (χ4n) is 2.57. The molecule has 1 saturated heterocycles. The van der Waals surface area contributed by atoms with Crippen LogP contribution in [0.25, 0.3) is 0 Å². The first kappa shape index (κ1) is 16.7. The van der Waals surface area contributed by atoms with E-state index in [9.17, 15) is 17.6 Å². The predicted molar refractivity (Wildman–Crippen MR) is 78.5 cm³/mol. The van der Waals surface area contributed by atoms with Gasteiger partial charge in [0, 0.05) is 20.1 Å². The van der Waals surface area contributed by atoms with E-state index in [0.717, 1.165) is 12.1 Å². The highest BCUT2D eigenvalue weighted by Gasteiger charge is 2.34. The van der Waals surface area contributed by atoms with Crippen molar-refractivity contribution in [3.8, 4) is 5.75 Å². The average Bonchev–Trinajstić information content (AvgIpc) is 2.54. The summed E-state index contributed by atoms with van der Waals surface area (Å²) >= 11 is 0. The van der Waals surface area contributed by atoms with Gasteiger partial charge < -0.3 is 10.1 Å². The van der Waals surface area contributed by atoms with Crippen molar-refractivity contribution in [1.82, 2.24) is 9.62 Å². The van der Waals surface area contributed by atoms with Gasteiger partial charge in [0.25, 0.3) is 0 Å². The standard InChI is InChI=1S/C14H19FN2O4S/c1-16-14(18)10-4-3-7-17(9-10)22(19,20)13-8-11(15)5-6-12(13)21-2/h5-6,8,10H,3-4,7,9H2,1-2H3,(H,16,18)/t10-/m1/s1. The summed E-state index contributed by atoms with van der Waals surface area (Å²) in [6, 6.07) is 3.36. The van der Waals surface area contributed by atoms with Gasteiger partial charge in [0.1, 0.15) is 16.5 Å². The maximum absolute atomic E-state index is 13.4. The lowest BCUT2D eigenvalue weighted by Crippen LogP contribution is -2.44. The molecule has 0 saturated carbocycles. The zero-order valence-corrected chi connectivity index (χ0v) is 13.3. The quantitative estimate of drug-likeness (QED) is 0.893. The van der Waals surface area contributed by atoms with E-state index in [4.69, 9.17) is 4.74 Å². The molecule has 0 aromatic heterocycles. The summed E-state index contributed by atoms with van der Waals surface area (Å²) in [6.07, 6.45) is 1.21. The summed E-state index contributed by atoms with van der Waals surface area (Å²) in [6.45, 7) is 0.386. The van der Waals surface area contributed by atoms with Crippen LogP contribution < -0.4 is 10.1 Å². The molecule has 1 fully saturated rings. The van der Waals surface area contributed by atoms with Crippen LogP contribution in [0.5, 0.6) is 5.75 Å². The molecule has 6 nitrogen and oxygen atoms in total. The minimum Gasteiger partial charge on any atom is -0.495 e. The number of methoxy groups -OCH3 is 1. The lowest BCUT2D eigenvalue weighted by molar-refractivity contribution is -0.125. The van der Waals surface area contributed by atoms with E-state index in [1.807, 2.05) is 0 Å². The van der Waals surface area contributed by atoms with Crippen molar-refractivity contribution >= 4 is 15.9 Å². The van der Waals surface area contributed by atoms with Gasteiger partial charge in [-0.3, -0.25) is 4.79 Å². The second-order valence-corrected chi connectivity index (χ2v) is 7.02. The smallest absolute Gasteiger partial charge is 0.246 e. The molecule has 1 aliphatic heterocycles. The van der Waals surface area contributed by atoms with Crippen molar-refractivity contribution in [2.24, 2.45) is 5.92 Å². The van der Waals surface area contributed by atoms with Gasteiger partial charge in [-0.05, 0) is 31.0 Å². The first-order chi connectivity index (χ1) is 10.4. The first-order valence-corrected chi connectivity index (χ1v) is 8.39. The number of carbonyl (C=O) groups excluding carboxylic acids is 1. The molecule has 1 atom stereocenters. The normalized spacial score (nSPS) is 19.7. The second-order valence-electron chi connectivity index (χ2n) is 5.11. The van der Waals surface area contributed by atoms with Crippen LogP contribution in [0.2, 0.25) is 0 Å². The van der Waals surface area contributed by atoms with Crippen molar-refractivity contribution in [1.29, 1.82) is 0 Å². The molecule has 8 heteroatoms. The zero-order chi connectivity index (χ0) is 16.3. The van der Waals surface area contributed by atoms with Crippen LogP contribution in [0.4, 0.5) is 4.39 Å². The Labute approximate surface area is 129 Å². The van der Waals surface area contributed by atoms with Crippen molar-refractivity contribution in [2.75, 3.05) is 27.2 Å². The number of nitrogens with one attached hydrogen (secondary N) is 1. The molecule has 0 unspecified atom stereocenters. The molecule has 0 spiro atoms. The van der Waals surface area contributed by atoms with E-state index in [1.165, 1.54) is 24.5 Å². The molecule has 0 aliphatic carbocycles. The molecular weight excluding hydrogens is 311 g/mol. The summed E-state index contributed by atoms with van der Waals surface area (Å²) in [5, 5.41) is 2.53. The fraction of sp³-hybridized carbons (Fsp3) is 0.500. The SMILES string of the molecule is CNC(=O)[C@@H]1CCCN(S(=O)(=O)c2cc(F)ccc2OC)C1. The van der Waals surface area contributed by atoms with E-state index in [-0.39, 0.29) is 23.1 Å². The number of sulfonamides is 1. The third-order valence-electron chi connectivity index (χ3n) is 3.74. The molecule has 1 aromatic rings. The van der Waals surface area contributed by atoms with E-state index in [2.05, 4.69) is 5.32 Å². The van der Waals surface area contributed by atoms with Crippen molar-refractivity contribution < 1.29 is 22.3 Å². The maximum atomic E-state index is 13.4. The fourth-order valence-corrected chi connectivity index (χ4v) is 4.26. The molecule has 1 heterocycles. The number of hydrogen-bond donors (Lipinski definition) is 1. The van der Waals surface area contributed by atoms with Gasteiger partial charge in [0.05, 0.1) is 13.0 Å². The lowest BCUT2D eigenvalue weighted by atomic mass is 9.99. The molecule has 1 amide bonds. The van der Waals surface area contributed by atoms with E-state index < -0.39 is 21.8 Å². The van der Waals surface area contributed by atoms with Gasteiger partial charge in [-0.1, -0.05) is 0 Å². The first-order valence-electron chi connectivity index (χ1n) is 6.95. The summed E-state index contributed by atoms with van der Waals surface area (Å²) in [5.41, 5.74) is 0. The Balaban J connectivity index is 2.34. The molecule has 122 valence electrons. The monoisotopic (exact) mass is 330 g/mol. The van der Waals surface area contributed by atoms with Crippen LogP contribution in [0.1, 0.15) is 12.8 Å². The number of amides is 1. The van der Waals surface area contributed by atoms with Crippen LogP contribution >= 0.6 is 0 Å². The van der Waals surface area contributed by atoms with Crippen LogP contribution in [0.15, 0.2) is 23.1 Å². The Morgan fingerprint density at radius 1 is 1.45 bits per heavy atom. The number of halogens is 1. The van der Waals surface area contributed by atoms with E-state index in [0.29, 0.717) is 19.4 Å². The Morgan fingerprint density at radius 3 is 2.82 bits per heavy atom. The second kappa shape index (κ2) is 6.62. The van der Waals surface area contributed by atoms with Crippen molar-refractivity contribution in [3.63, 3.8) is 0 Å². The van der Waals surface area contributed by atoms with Gasteiger partial charge in [-0.25, -0.2) is 12.8 Å². The minimum absolute atomic E-state index is 0.0850.